The molecule has 18 heavy (non-hydrogen) atoms. The molecule has 1 N–H and O–H groups in total. The van der Waals surface area contributed by atoms with E-state index >= 15 is 0 Å². The summed E-state index contributed by atoms with van der Waals surface area (Å²) in [6.07, 6.45) is 5.21. The van der Waals surface area contributed by atoms with E-state index in [9.17, 15) is 5.11 Å². The van der Waals surface area contributed by atoms with Gasteiger partial charge in [-0.15, -0.1) is 11.3 Å². The predicted octanol–water partition coefficient (Wildman–Crippen LogP) is 2.31. The topological polar surface area (TPSA) is 59.2 Å². The second kappa shape index (κ2) is 3.22. The lowest BCUT2D eigenvalue weighted by Gasteiger charge is -2.34. The fourth-order valence-corrected chi connectivity index (χ4v) is 4.01. The fraction of sp³-hybridized carbons (Fsp3) is 0.538. The van der Waals surface area contributed by atoms with Crippen LogP contribution in [-0.4, -0.2) is 15.2 Å². The first kappa shape index (κ1) is 10.7. The first-order chi connectivity index (χ1) is 8.61. The van der Waals surface area contributed by atoms with Crippen LogP contribution in [0.4, 0.5) is 0 Å². The number of hydrogen-bond acceptors (Lipinski definition) is 5. The summed E-state index contributed by atoms with van der Waals surface area (Å²) in [6, 6.07) is 0. The van der Waals surface area contributed by atoms with Crippen molar-refractivity contribution in [3.8, 4) is 0 Å². The van der Waals surface area contributed by atoms with Crippen LogP contribution in [0, 0.1) is 6.92 Å². The molecule has 1 fully saturated rings. The Morgan fingerprint density at radius 1 is 1.44 bits per heavy atom. The molecule has 1 unspecified atom stereocenters. The maximum Gasteiger partial charge on any atom is 0.146 e. The van der Waals surface area contributed by atoms with Crippen molar-refractivity contribution in [1.82, 2.24) is 10.1 Å². The quantitative estimate of drug-likeness (QED) is 0.856. The zero-order chi connectivity index (χ0) is 12.4. The highest BCUT2D eigenvalue weighted by Gasteiger charge is 2.58. The van der Waals surface area contributed by atoms with Gasteiger partial charge >= 0.3 is 0 Å². The summed E-state index contributed by atoms with van der Waals surface area (Å²) >= 11 is 1.55. The minimum Gasteiger partial charge on any atom is -0.382 e. The van der Waals surface area contributed by atoms with E-state index in [0.717, 1.165) is 41.3 Å². The van der Waals surface area contributed by atoms with Crippen LogP contribution in [0.25, 0.3) is 0 Å². The van der Waals surface area contributed by atoms with E-state index in [1.54, 1.807) is 17.5 Å². The Morgan fingerprint density at radius 3 is 2.94 bits per heavy atom. The van der Waals surface area contributed by atoms with Gasteiger partial charge in [0.25, 0.3) is 0 Å². The average molecular weight is 262 g/mol. The molecule has 1 spiro atoms. The molecule has 1 atom stereocenters. The molecule has 2 aliphatic rings. The number of aliphatic hydroxyl groups is 1. The molecule has 2 aromatic heterocycles. The lowest BCUT2D eigenvalue weighted by molar-refractivity contribution is 0.00475. The van der Waals surface area contributed by atoms with Crippen molar-refractivity contribution in [3.63, 3.8) is 0 Å². The van der Waals surface area contributed by atoms with Crippen molar-refractivity contribution >= 4 is 11.3 Å². The molecule has 94 valence electrons. The third-order valence-electron chi connectivity index (χ3n) is 4.11. The van der Waals surface area contributed by atoms with Gasteiger partial charge in [-0.1, -0.05) is 5.16 Å². The Labute approximate surface area is 109 Å². The number of nitrogens with zero attached hydrogens (tertiary/aromatic N) is 2. The molecule has 2 aliphatic carbocycles. The Balaban J connectivity index is 1.81. The molecule has 2 heterocycles. The van der Waals surface area contributed by atoms with Gasteiger partial charge in [0.1, 0.15) is 16.4 Å². The van der Waals surface area contributed by atoms with Gasteiger partial charge in [-0.25, -0.2) is 4.98 Å². The summed E-state index contributed by atoms with van der Waals surface area (Å²) in [5, 5.41) is 17.7. The van der Waals surface area contributed by atoms with Crippen LogP contribution in [0.15, 0.2) is 16.1 Å². The molecule has 0 amide bonds. The van der Waals surface area contributed by atoms with Gasteiger partial charge in [-0.3, -0.25) is 0 Å². The van der Waals surface area contributed by atoms with Crippen LogP contribution >= 0.6 is 11.3 Å². The van der Waals surface area contributed by atoms with Gasteiger partial charge in [-0.2, -0.15) is 0 Å². The smallest absolute Gasteiger partial charge is 0.146 e. The minimum atomic E-state index is -0.839. The molecule has 0 aliphatic heterocycles. The summed E-state index contributed by atoms with van der Waals surface area (Å²) in [7, 11) is 0. The highest BCUT2D eigenvalue weighted by Crippen LogP contribution is 2.59. The van der Waals surface area contributed by atoms with Crippen LogP contribution in [-0.2, 0) is 17.4 Å². The lowest BCUT2D eigenvalue weighted by atomic mass is 9.76. The molecule has 2 aromatic rings. The number of hydrogen-bond donors (Lipinski definition) is 1. The van der Waals surface area contributed by atoms with Crippen LogP contribution in [0.2, 0.25) is 0 Å². The number of fused-ring (bicyclic) bond motifs is 2. The zero-order valence-corrected chi connectivity index (χ0v) is 11.0. The van der Waals surface area contributed by atoms with Crippen LogP contribution in [0.5, 0.6) is 0 Å². The molecule has 4 rings (SSSR count). The second-order valence-electron chi connectivity index (χ2n) is 5.64. The van der Waals surface area contributed by atoms with E-state index in [2.05, 4.69) is 10.1 Å². The number of thiazole rings is 1. The summed E-state index contributed by atoms with van der Waals surface area (Å²) in [5.41, 5.74) is 1.21. The third-order valence-corrected chi connectivity index (χ3v) is 5.26. The molecular formula is C13H14N2O2S. The average Bonchev–Trinajstić information content (AvgIpc) is 2.78. The standard InChI is InChI=1S/C13H14N2O2S/c1-8-6-18-11(15-8)13(16)4-9-5-14-17-10(9)12(7-13)2-3-12/h5-6,16H,2-4,7H2,1H3. The largest absolute Gasteiger partial charge is 0.382 e. The van der Waals surface area contributed by atoms with E-state index in [0.29, 0.717) is 6.42 Å². The van der Waals surface area contributed by atoms with Crippen LogP contribution in [0.1, 0.15) is 41.3 Å². The van der Waals surface area contributed by atoms with Crippen molar-refractivity contribution in [1.29, 1.82) is 0 Å². The third kappa shape index (κ3) is 1.34. The summed E-state index contributed by atoms with van der Waals surface area (Å²) in [6.45, 7) is 1.96. The van der Waals surface area contributed by atoms with E-state index in [1.165, 1.54) is 0 Å². The first-order valence-electron chi connectivity index (χ1n) is 6.20. The molecule has 1 saturated carbocycles. The highest BCUT2D eigenvalue weighted by molar-refractivity contribution is 7.09. The predicted molar refractivity (Wildman–Crippen MR) is 66.5 cm³/mol. The molecule has 0 aromatic carbocycles. The van der Waals surface area contributed by atoms with E-state index in [1.807, 2.05) is 12.3 Å². The van der Waals surface area contributed by atoms with Crippen molar-refractivity contribution in [3.05, 3.63) is 33.6 Å². The second-order valence-corrected chi connectivity index (χ2v) is 6.50. The molecule has 5 heteroatoms. The van der Waals surface area contributed by atoms with Crippen LogP contribution in [0.3, 0.4) is 0 Å². The zero-order valence-electron chi connectivity index (χ0n) is 10.1. The van der Waals surface area contributed by atoms with E-state index in [-0.39, 0.29) is 5.41 Å². The fourth-order valence-electron chi connectivity index (χ4n) is 3.11. The highest BCUT2D eigenvalue weighted by atomic mass is 32.1. The van der Waals surface area contributed by atoms with Gasteiger partial charge in [0, 0.05) is 28.5 Å². The maximum atomic E-state index is 11.0. The molecule has 0 saturated heterocycles. The van der Waals surface area contributed by atoms with E-state index < -0.39 is 5.60 Å². The van der Waals surface area contributed by atoms with Gasteiger partial charge in [0.05, 0.1) is 6.20 Å². The molecule has 0 bridgehead atoms. The van der Waals surface area contributed by atoms with Crippen molar-refractivity contribution < 1.29 is 9.63 Å². The molecule has 4 nitrogen and oxygen atoms in total. The Bertz CT molecular complexity index is 614. The number of rotatable bonds is 1. The van der Waals surface area contributed by atoms with Gasteiger partial charge in [0.15, 0.2) is 0 Å². The molecular weight excluding hydrogens is 248 g/mol. The Morgan fingerprint density at radius 2 is 2.28 bits per heavy atom. The Kier molecular flexibility index (Phi) is 1.91. The van der Waals surface area contributed by atoms with Crippen molar-refractivity contribution in [2.75, 3.05) is 0 Å². The van der Waals surface area contributed by atoms with E-state index in [4.69, 9.17) is 4.52 Å². The summed E-state index contributed by atoms with van der Waals surface area (Å²) in [5.74, 6) is 1.00. The Hall–Kier alpha value is -1.20. The first-order valence-corrected chi connectivity index (χ1v) is 7.08. The summed E-state index contributed by atoms with van der Waals surface area (Å²) < 4.78 is 5.39. The monoisotopic (exact) mass is 262 g/mol. The minimum absolute atomic E-state index is 0.0262. The van der Waals surface area contributed by atoms with Gasteiger partial charge in [-0.05, 0) is 26.2 Å². The SMILES string of the molecule is Cc1csc(C2(O)Cc3cnoc3C3(CC3)C2)n1. The normalized spacial score (nSPS) is 28.3. The van der Waals surface area contributed by atoms with Gasteiger partial charge < -0.3 is 9.63 Å². The maximum absolute atomic E-state index is 11.0. The molecule has 0 radical (unpaired) electrons. The summed E-state index contributed by atoms with van der Waals surface area (Å²) in [4.78, 5) is 4.47. The van der Waals surface area contributed by atoms with Gasteiger partial charge in [0.2, 0.25) is 0 Å². The number of aryl methyl sites for hydroxylation is 1. The number of aromatic nitrogens is 2. The van der Waals surface area contributed by atoms with Crippen LogP contribution < -0.4 is 0 Å². The van der Waals surface area contributed by atoms with Crippen molar-refractivity contribution in [2.45, 2.75) is 43.6 Å². The lowest BCUT2D eigenvalue weighted by Crippen LogP contribution is -2.37. The van der Waals surface area contributed by atoms with Crippen molar-refractivity contribution in [2.24, 2.45) is 0 Å².